The number of carbonyl (C=O) groups is 1. The second kappa shape index (κ2) is 8.32. The zero-order valence-electron chi connectivity index (χ0n) is 14.2. The fourth-order valence-corrected chi connectivity index (χ4v) is 2.67. The van der Waals surface area contributed by atoms with Crippen molar-refractivity contribution in [1.82, 2.24) is 5.32 Å². The van der Waals surface area contributed by atoms with Crippen LogP contribution in [0.25, 0.3) is 0 Å². The van der Waals surface area contributed by atoms with Gasteiger partial charge in [0.05, 0.1) is 0 Å². The lowest BCUT2D eigenvalue weighted by Gasteiger charge is -2.18. The van der Waals surface area contributed by atoms with E-state index in [0.717, 1.165) is 17.7 Å². The van der Waals surface area contributed by atoms with E-state index in [1.807, 2.05) is 45.0 Å². The van der Waals surface area contributed by atoms with E-state index < -0.39 is 10.8 Å². The van der Waals surface area contributed by atoms with Crippen LogP contribution in [0, 0.1) is 5.92 Å². The number of carbonyl (C=O) groups excluding carboxylic acids is 1. The predicted molar refractivity (Wildman–Crippen MR) is 94.5 cm³/mol. The normalized spacial score (nSPS) is 13.0. The van der Waals surface area contributed by atoms with Gasteiger partial charge in [-0.2, -0.15) is 0 Å². The molecule has 0 saturated carbocycles. The first-order valence-electron chi connectivity index (χ1n) is 7.71. The summed E-state index contributed by atoms with van der Waals surface area (Å²) in [5.41, 5.74) is 1.69. The number of benzene rings is 1. The molecule has 1 atom stereocenters. The SMILES string of the molecule is CC(C)CCNC(=O)Nc1cccc(CS(=O)C(C)(C)C)c1. The van der Waals surface area contributed by atoms with Crippen LogP contribution in [0.5, 0.6) is 0 Å². The molecule has 0 fully saturated rings. The zero-order chi connectivity index (χ0) is 16.8. The third-order valence-corrected chi connectivity index (χ3v) is 5.13. The molecule has 4 nitrogen and oxygen atoms in total. The minimum Gasteiger partial charge on any atom is -0.338 e. The Morgan fingerprint density at radius 3 is 2.55 bits per heavy atom. The average molecular weight is 324 g/mol. The van der Waals surface area contributed by atoms with Crippen LogP contribution in [0.3, 0.4) is 0 Å². The maximum Gasteiger partial charge on any atom is 0.319 e. The Morgan fingerprint density at radius 2 is 1.95 bits per heavy atom. The molecule has 1 aromatic carbocycles. The van der Waals surface area contributed by atoms with Crippen LogP contribution in [0.2, 0.25) is 0 Å². The number of nitrogens with one attached hydrogen (secondary N) is 2. The highest BCUT2D eigenvalue weighted by Gasteiger charge is 2.19. The molecule has 2 N–H and O–H groups in total. The third kappa shape index (κ3) is 7.07. The van der Waals surface area contributed by atoms with Crippen molar-refractivity contribution in [2.75, 3.05) is 11.9 Å². The first-order valence-corrected chi connectivity index (χ1v) is 9.02. The van der Waals surface area contributed by atoms with E-state index in [1.165, 1.54) is 0 Å². The second-order valence-electron chi connectivity index (χ2n) is 6.87. The highest BCUT2D eigenvalue weighted by molar-refractivity contribution is 7.85. The summed E-state index contributed by atoms with van der Waals surface area (Å²) in [5, 5.41) is 5.66. The topological polar surface area (TPSA) is 58.2 Å². The van der Waals surface area contributed by atoms with Gasteiger partial charge in [0.1, 0.15) is 0 Å². The standard InChI is InChI=1S/C17H28N2O2S/c1-13(2)9-10-18-16(20)19-15-8-6-7-14(11-15)12-22(21)17(3,4)5/h6-8,11,13H,9-10,12H2,1-5H3,(H2,18,19,20). The lowest BCUT2D eigenvalue weighted by atomic mass is 10.1. The average Bonchev–Trinajstić information content (AvgIpc) is 2.37. The minimum absolute atomic E-state index is 0.199. The molecule has 0 bridgehead atoms. The van der Waals surface area contributed by atoms with E-state index in [1.54, 1.807) is 0 Å². The third-order valence-electron chi connectivity index (χ3n) is 3.17. The molecule has 0 aliphatic rings. The van der Waals surface area contributed by atoms with Crippen molar-refractivity contribution < 1.29 is 9.00 Å². The Balaban J connectivity index is 2.57. The summed E-state index contributed by atoms with van der Waals surface area (Å²) in [5.74, 6) is 1.06. The number of rotatable bonds is 6. The summed E-state index contributed by atoms with van der Waals surface area (Å²) in [6, 6.07) is 7.33. The molecule has 0 saturated heterocycles. The van der Waals surface area contributed by atoms with Gasteiger partial charge in [0.2, 0.25) is 0 Å². The van der Waals surface area contributed by atoms with E-state index in [9.17, 15) is 9.00 Å². The van der Waals surface area contributed by atoms with E-state index in [0.29, 0.717) is 18.2 Å². The van der Waals surface area contributed by atoms with Crippen LogP contribution < -0.4 is 10.6 Å². The van der Waals surface area contributed by atoms with Gasteiger partial charge in [0, 0.05) is 33.5 Å². The molecule has 0 radical (unpaired) electrons. The fourth-order valence-electron chi connectivity index (χ4n) is 1.76. The molecule has 0 spiro atoms. The van der Waals surface area contributed by atoms with Crippen LogP contribution in [-0.2, 0) is 16.6 Å². The summed E-state index contributed by atoms with van der Waals surface area (Å²) in [6.07, 6.45) is 0.956. The zero-order valence-corrected chi connectivity index (χ0v) is 15.0. The quantitative estimate of drug-likeness (QED) is 0.833. The number of anilines is 1. The molecule has 2 amide bonds. The van der Waals surface area contributed by atoms with E-state index in [-0.39, 0.29) is 10.8 Å². The highest BCUT2D eigenvalue weighted by Crippen LogP contribution is 2.18. The van der Waals surface area contributed by atoms with Gasteiger partial charge in [-0.05, 0) is 50.8 Å². The second-order valence-corrected chi connectivity index (χ2v) is 9.07. The Morgan fingerprint density at radius 1 is 1.27 bits per heavy atom. The van der Waals surface area contributed by atoms with Gasteiger partial charge in [0.15, 0.2) is 0 Å². The number of urea groups is 1. The van der Waals surface area contributed by atoms with Crippen LogP contribution in [0.4, 0.5) is 10.5 Å². The van der Waals surface area contributed by atoms with Gasteiger partial charge in [-0.25, -0.2) is 4.79 Å². The van der Waals surface area contributed by atoms with Crippen molar-refractivity contribution in [1.29, 1.82) is 0 Å². The summed E-state index contributed by atoms with van der Waals surface area (Å²) in [7, 11) is -0.948. The Hall–Kier alpha value is -1.36. The molecule has 22 heavy (non-hydrogen) atoms. The molecule has 0 aliphatic heterocycles. The van der Waals surface area contributed by atoms with Gasteiger partial charge in [-0.3, -0.25) is 4.21 Å². The van der Waals surface area contributed by atoms with E-state index >= 15 is 0 Å². The van der Waals surface area contributed by atoms with E-state index in [4.69, 9.17) is 0 Å². The smallest absolute Gasteiger partial charge is 0.319 e. The van der Waals surface area contributed by atoms with Crippen LogP contribution >= 0.6 is 0 Å². The first-order chi connectivity index (χ1) is 10.2. The molecule has 0 aliphatic carbocycles. The Kier molecular flexibility index (Phi) is 7.07. The van der Waals surface area contributed by atoms with Crippen molar-refractivity contribution in [3.63, 3.8) is 0 Å². The summed E-state index contributed by atoms with van der Waals surface area (Å²) >= 11 is 0. The van der Waals surface area contributed by atoms with Gasteiger partial charge in [-0.1, -0.05) is 26.0 Å². The van der Waals surface area contributed by atoms with Gasteiger partial charge in [0.25, 0.3) is 0 Å². The lowest BCUT2D eigenvalue weighted by molar-refractivity contribution is 0.251. The largest absolute Gasteiger partial charge is 0.338 e. The van der Waals surface area contributed by atoms with Gasteiger partial charge in [-0.15, -0.1) is 0 Å². The monoisotopic (exact) mass is 324 g/mol. The molecule has 1 unspecified atom stereocenters. The maximum absolute atomic E-state index is 12.2. The number of hydrogen-bond acceptors (Lipinski definition) is 2. The van der Waals surface area contributed by atoms with Crippen molar-refractivity contribution >= 4 is 22.5 Å². The van der Waals surface area contributed by atoms with Crippen molar-refractivity contribution in [3.8, 4) is 0 Å². The highest BCUT2D eigenvalue weighted by atomic mass is 32.2. The van der Waals surface area contributed by atoms with Gasteiger partial charge >= 0.3 is 6.03 Å². The predicted octanol–water partition coefficient (Wildman–Crippen LogP) is 3.90. The van der Waals surface area contributed by atoms with Crippen molar-refractivity contribution in [3.05, 3.63) is 29.8 Å². The number of hydrogen-bond donors (Lipinski definition) is 2. The van der Waals surface area contributed by atoms with Crippen LogP contribution in [0.1, 0.15) is 46.6 Å². The molecule has 1 rings (SSSR count). The van der Waals surface area contributed by atoms with Crippen molar-refractivity contribution in [2.45, 2.75) is 51.5 Å². The molecule has 0 aromatic heterocycles. The lowest BCUT2D eigenvalue weighted by Crippen LogP contribution is -2.30. The Bertz CT molecular complexity index is 522. The van der Waals surface area contributed by atoms with Gasteiger partial charge < -0.3 is 10.6 Å². The summed E-state index contributed by atoms with van der Waals surface area (Å²) in [6.45, 7) is 10.8. The summed E-state index contributed by atoms with van der Waals surface area (Å²) in [4.78, 5) is 11.8. The molecular formula is C17H28N2O2S. The molecule has 1 aromatic rings. The Labute approximate surface area is 136 Å². The van der Waals surface area contributed by atoms with Crippen LogP contribution in [-0.4, -0.2) is 21.5 Å². The van der Waals surface area contributed by atoms with E-state index in [2.05, 4.69) is 24.5 Å². The fraction of sp³-hybridized carbons (Fsp3) is 0.588. The molecule has 0 heterocycles. The minimum atomic E-state index is -0.948. The number of amides is 2. The molecular weight excluding hydrogens is 296 g/mol. The molecule has 124 valence electrons. The van der Waals surface area contributed by atoms with Crippen molar-refractivity contribution in [2.24, 2.45) is 5.92 Å². The van der Waals surface area contributed by atoms with Crippen LogP contribution in [0.15, 0.2) is 24.3 Å². The first kappa shape index (κ1) is 18.7. The molecule has 5 heteroatoms. The maximum atomic E-state index is 12.2. The summed E-state index contributed by atoms with van der Waals surface area (Å²) < 4.78 is 11.9.